The lowest BCUT2D eigenvalue weighted by Crippen LogP contribution is -2.45. The highest BCUT2D eigenvalue weighted by molar-refractivity contribution is 5.83. The number of hydrogen-bond acceptors (Lipinski definition) is 3. The quantitative estimate of drug-likeness (QED) is 0.748. The smallest absolute Gasteiger partial charge is 0.224 e. The van der Waals surface area contributed by atoms with Crippen molar-refractivity contribution in [2.75, 3.05) is 20.2 Å². The van der Waals surface area contributed by atoms with Crippen LogP contribution in [0.5, 0.6) is 5.75 Å². The predicted octanol–water partition coefficient (Wildman–Crippen LogP) is 3.44. The van der Waals surface area contributed by atoms with Gasteiger partial charge >= 0.3 is 0 Å². The van der Waals surface area contributed by atoms with Crippen LogP contribution >= 0.6 is 0 Å². The zero-order valence-electron chi connectivity index (χ0n) is 16.2. The van der Waals surface area contributed by atoms with Gasteiger partial charge in [-0.2, -0.15) is 0 Å². The van der Waals surface area contributed by atoms with E-state index in [9.17, 15) is 9.59 Å². The summed E-state index contributed by atoms with van der Waals surface area (Å²) >= 11 is 0. The zero-order chi connectivity index (χ0) is 19.1. The van der Waals surface area contributed by atoms with Crippen LogP contribution in [0.3, 0.4) is 0 Å². The van der Waals surface area contributed by atoms with Gasteiger partial charge in [0.25, 0.3) is 0 Å². The van der Waals surface area contributed by atoms with Gasteiger partial charge in [0, 0.05) is 26.1 Å². The minimum absolute atomic E-state index is 0.0783. The fraction of sp³-hybridized carbons (Fsp3) is 0.545. The highest BCUT2D eigenvalue weighted by Crippen LogP contribution is 2.22. The summed E-state index contributed by atoms with van der Waals surface area (Å²) < 4.78 is 5.25. The van der Waals surface area contributed by atoms with Crippen LogP contribution in [0.15, 0.2) is 35.9 Å². The van der Waals surface area contributed by atoms with Crippen molar-refractivity contribution in [1.29, 1.82) is 0 Å². The van der Waals surface area contributed by atoms with Crippen LogP contribution in [0.2, 0.25) is 0 Å². The number of hydrogen-bond donors (Lipinski definition) is 1. The van der Waals surface area contributed by atoms with Gasteiger partial charge in [-0.3, -0.25) is 9.59 Å². The first-order valence-electron chi connectivity index (χ1n) is 10.0. The third kappa shape index (κ3) is 5.59. The molecular formula is C22H30N2O3. The number of allylic oxidation sites excluding steroid dienone is 1. The van der Waals surface area contributed by atoms with E-state index < -0.39 is 0 Å². The molecule has 146 valence electrons. The minimum atomic E-state index is -0.117. The van der Waals surface area contributed by atoms with Crippen LogP contribution in [0.4, 0.5) is 0 Å². The molecule has 1 aliphatic heterocycles. The van der Waals surface area contributed by atoms with Crippen molar-refractivity contribution in [1.82, 2.24) is 10.2 Å². The summed E-state index contributed by atoms with van der Waals surface area (Å²) in [5.41, 5.74) is 2.49. The molecule has 0 unspecified atom stereocenters. The number of rotatable bonds is 7. The Kier molecular flexibility index (Phi) is 6.91. The number of carbonyl (C=O) groups is 2. The second kappa shape index (κ2) is 9.58. The number of benzene rings is 1. The van der Waals surface area contributed by atoms with Gasteiger partial charge in [0.15, 0.2) is 0 Å². The summed E-state index contributed by atoms with van der Waals surface area (Å²) in [6.45, 7) is 1.71. The van der Waals surface area contributed by atoms with Crippen LogP contribution in [-0.2, 0) is 16.1 Å². The summed E-state index contributed by atoms with van der Waals surface area (Å²) in [6.07, 6.45) is 9.25. The summed E-state index contributed by atoms with van der Waals surface area (Å²) in [6, 6.07) is 7.73. The number of likely N-dealkylation sites (tertiary alicyclic amines) is 1. The van der Waals surface area contributed by atoms with Crippen molar-refractivity contribution in [3.05, 3.63) is 41.5 Å². The predicted molar refractivity (Wildman–Crippen MR) is 105 cm³/mol. The normalized spacial score (nSPS) is 20.2. The highest BCUT2D eigenvalue weighted by Gasteiger charge is 2.30. The number of carbonyl (C=O) groups excluding carboxylic acids is 2. The van der Waals surface area contributed by atoms with Crippen LogP contribution in [-0.4, -0.2) is 36.9 Å². The van der Waals surface area contributed by atoms with Gasteiger partial charge in [0.2, 0.25) is 11.8 Å². The van der Waals surface area contributed by atoms with E-state index in [0.29, 0.717) is 32.5 Å². The van der Waals surface area contributed by atoms with E-state index in [1.807, 2.05) is 24.3 Å². The van der Waals surface area contributed by atoms with Crippen LogP contribution in [0.25, 0.3) is 0 Å². The molecule has 1 fully saturated rings. The molecule has 0 aromatic heterocycles. The molecule has 1 N–H and O–H groups in total. The number of methoxy groups -OCH3 is 1. The molecule has 1 aromatic carbocycles. The van der Waals surface area contributed by atoms with E-state index in [0.717, 1.165) is 17.7 Å². The van der Waals surface area contributed by atoms with Gasteiger partial charge in [-0.1, -0.05) is 23.8 Å². The molecule has 5 heteroatoms. The summed E-state index contributed by atoms with van der Waals surface area (Å²) in [5, 5.41) is 3.08. The fourth-order valence-corrected chi connectivity index (χ4v) is 3.90. The Balaban J connectivity index is 1.50. The Morgan fingerprint density at radius 2 is 2.19 bits per heavy atom. The molecule has 1 aromatic rings. The van der Waals surface area contributed by atoms with Gasteiger partial charge in [0.1, 0.15) is 5.75 Å². The zero-order valence-corrected chi connectivity index (χ0v) is 16.2. The topological polar surface area (TPSA) is 58.6 Å². The molecule has 0 spiro atoms. The Morgan fingerprint density at radius 3 is 2.96 bits per heavy atom. The lowest BCUT2D eigenvalue weighted by molar-refractivity contribution is -0.138. The lowest BCUT2D eigenvalue weighted by Gasteiger charge is -2.32. The monoisotopic (exact) mass is 370 g/mol. The van der Waals surface area contributed by atoms with Gasteiger partial charge < -0.3 is 15.0 Å². The Morgan fingerprint density at radius 1 is 1.30 bits per heavy atom. The largest absolute Gasteiger partial charge is 0.497 e. The SMILES string of the molecule is COc1cccc(CN2C[C@@H](C(=O)NCCC3=CCCCC3)CCC2=O)c1. The van der Waals surface area contributed by atoms with Crippen LogP contribution in [0, 0.1) is 5.92 Å². The molecule has 1 heterocycles. The summed E-state index contributed by atoms with van der Waals surface area (Å²) in [7, 11) is 1.63. The molecule has 1 saturated heterocycles. The van der Waals surface area contributed by atoms with Crippen molar-refractivity contribution < 1.29 is 14.3 Å². The van der Waals surface area contributed by atoms with Gasteiger partial charge in [-0.05, 0) is 56.2 Å². The Labute approximate surface area is 161 Å². The molecule has 0 saturated carbocycles. The average Bonchev–Trinajstić information content (AvgIpc) is 2.70. The van der Waals surface area contributed by atoms with Gasteiger partial charge in [-0.15, -0.1) is 0 Å². The van der Waals surface area contributed by atoms with Crippen molar-refractivity contribution in [3.63, 3.8) is 0 Å². The van der Waals surface area contributed by atoms with E-state index in [1.165, 1.54) is 31.3 Å². The first-order chi connectivity index (χ1) is 13.2. The molecule has 2 aliphatic rings. The number of nitrogens with zero attached hydrogens (tertiary/aromatic N) is 1. The van der Waals surface area contributed by atoms with E-state index >= 15 is 0 Å². The second-order valence-electron chi connectivity index (χ2n) is 7.51. The second-order valence-corrected chi connectivity index (χ2v) is 7.51. The number of ether oxygens (including phenoxy) is 1. The average molecular weight is 370 g/mol. The first-order valence-corrected chi connectivity index (χ1v) is 10.0. The van der Waals surface area contributed by atoms with Crippen molar-refractivity contribution in [2.45, 2.75) is 51.5 Å². The third-order valence-corrected chi connectivity index (χ3v) is 5.51. The number of nitrogens with one attached hydrogen (secondary N) is 1. The van der Waals surface area contributed by atoms with Crippen molar-refractivity contribution >= 4 is 11.8 Å². The maximum atomic E-state index is 12.6. The molecule has 0 bridgehead atoms. The van der Waals surface area contributed by atoms with E-state index in [1.54, 1.807) is 12.0 Å². The highest BCUT2D eigenvalue weighted by atomic mass is 16.5. The van der Waals surface area contributed by atoms with Crippen molar-refractivity contribution in [2.24, 2.45) is 5.92 Å². The van der Waals surface area contributed by atoms with Crippen LogP contribution < -0.4 is 10.1 Å². The molecule has 27 heavy (non-hydrogen) atoms. The lowest BCUT2D eigenvalue weighted by atomic mass is 9.95. The first kappa shape index (κ1) is 19.5. The molecule has 3 rings (SSSR count). The van der Waals surface area contributed by atoms with E-state index in [2.05, 4.69) is 11.4 Å². The standard InChI is InChI=1S/C22H30N2O3/c1-27-20-9-5-8-18(14-20)15-24-16-19(10-11-21(24)25)22(26)23-13-12-17-6-3-2-4-7-17/h5-6,8-9,14,19H,2-4,7,10-13,15-16H2,1H3,(H,23,26)/t19-/m0/s1. The molecule has 2 amide bonds. The maximum Gasteiger partial charge on any atom is 0.224 e. The summed E-state index contributed by atoms with van der Waals surface area (Å²) in [4.78, 5) is 26.7. The molecule has 1 aliphatic carbocycles. The molecular weight excluding hydrogens is 340 g/mol. The number of amides is 2. The van der Waals surface area contributed by atoms with Crippen molar-refractivity contribution in [3.8, 4) is 5.75 Å². The fourth-order valence-electron chi connectivity index (χ4n) is 3.90. The molecule has 1 atom stereocenters. The summed E-state index contributed by atoms with van der Waals surface area (Å²) in [5.74, 6) is 0.862. The Hall–Kier alpha value is -2.30. The molecule has 0 radical (unpaired) electrons. The number of piperidine rings is 1. The third-order valence-electron chi connectivity index (χ3n) is 5.51. The minimum Gasteiger partial charge on any atom is -0.497 e. The van der Waals surface area contributed by atoms with E-state index in [-0.39, 0.29) is 17.7 Å². The molecule has 5 nitrogen and oxygen atoms in total. The van der Waals surface area contributed by atoms with E-state index in [4.69, 9.17) is 4.74 Å². The Bertz CT molecular complexity index is 699. The van der Waals surface area contributed by atoms with Gasteiger partial charge in [-0.25, -0.2) is 0 Å². The van der Waals surface area contributed by atoms with Gasteiger partial charge in [0.05, 0.1) is 13.0 Å². The maximum absolute atomic E-state index is 12.6. The van der Waals surface area contributed by atoms with Crippen LogP contribution in [0.1, 0.15) is 50.5 Å².